The molecular formula is C24H25N5O6. The first-order valence-corrected chi connectivity index (χ1v) is 11.2. The maximum atomic E-state index is 12.7. The number of rotatable bonds is 7. The number of benzene rings is 1. The standard InChI is InChI=1S/C24H25N5O6/c1-32-21-5-3-18-22(28-21)14(6-7-26-18)10-17(25)23(30)27-12-16-13-29(24(31)35-16)15-2-4-19-20(11-15)34-9-8-33-19/h2-7,11,16-17H,8-10,12-13,25H2,1H3,(H,27,30)/t16?,17-/m0/s1. The topological polar surface area (TPSA) is 138 Å². The molecule has 2 amide bonds. The van der Waals surface area contributed by atoms with Crippen LogP contribution in [0.4, 0.5) is 10.5 Å². The van der Waals surface area contributed by atoms with Crippen LogP contribution in [0.25, 0.3) is 11.0 Å². The summed E-state index contributed by atoms with van der Waals surface area (Å²) in [6, 6.07) is 9.77. The van der Waals surface area contributed by atoms with E-state index in [-0.39, 0.29) is 25.4 Å². The van der Waals surface area contributed by atoms with Crippen LogP contribution in [-0.2, 0) is 16.0 Å². The molecule has 2 aromatic heterocycles. The van der Waals surface area contributed by atoms with Crippen molar-refractivity contribution in [3.63, 3.8) is 0 Å². The summed E-state index contributed by atoms with van der Waals surface area (Å²) in [5, 5.41) is 2.78. The number of nitrogens with two attached hydrogens (primary N) is 1. The minimum absolute atomic E-state index is 0.141. The highest BCUT2D eigenvalue weighted by Crippen LogP contribution is 2.35. The Balaban J connectivity index is 1.18. The SMILES string of the molecule is COc1ccc2nccc(C[C@H](N)C(=O)NCC3CN(c4ccc5c(c4)OCCO5)C(=O)O3)c2n1. The summed E-state index contributed by atoms with van der Waals surface area (Å²) in [4.78, 5) is 35.3. The highest BCUT2D eigenvalue weighted by Gasteiger charge is 2.33. The monoisotopic (exact) mass is 479 g/mol. The lowest BCUT2D eigenvalue weighted by Gasteiger charge is -2.21. The van der Waals surface area contributed by atoms with E-state index in [2.05, 4.69) is 15.3 Å². The Kier molecular flexibility index (Phi) is 6.23. The molecule has 1 unspecified atom stereocenters. The highest BCUT2D eigenvalue weighted by molar-refractivity contribution is 5.90. The van der Waals surface area contributed by atoms with Crippen LogP contribution in [0.5, 0.6) is 17.4 Å². The third-order valence-electron chi connectivity index (χ3n) is 5.84. The minimum atomic E-state index is -0.820. The van der Waals surface area contributed by atoms with E-state index in [9.17, 15) is 9.59 Å². The van der Waals surface area contributed by atoms with Gasteiger partial charge in [-0.15, -0.1) is 0 Å². The van der Waals surface area contributed by atoms with Crippen LogP contribution in [-0.4, -0.2) is 67.5 Å². The van der Waals surface area contributed by atoms with Crippen molar-refractivity contribution in [1.29, 1.82) is 0 Å². The third kappa shape index (κ3) is 4.76. The lowest BCUT2D eigenvalue weighted by molar-refractivity contribution is -0.122. The molecule has 11 nitrogen and oxygen atoms in total. The quantitative estimate of drug-likeness (QED) is 0.515. The number of hydrogen-bond acceptors (Lipinski definition) is 9. The van der Waals surface area contributed by atoms with Crippen LogP contribution in [0.1, 0.15) is 5.56 Å². The lowest BCUT2D eigenvalue weighted by Crippen LogP contribution is -2.45. The van der Waals surface area contributed by atoms with Gasteiger partial charge in [-0.3, -0.25) is 14.7 Å². The van der Waals surface area contributed by atoms with Gasteiger partial charge in [-0.1, -0.05) is 0 Å². The zero-order valence-electron chi connectivity index (χ0n) is 19.1. The second kappa shape index (κ2) is 9.63. The Morgan fingerprint density at radius 2 is 2.06 bits per heavy atom. The van der Waals surface area contributed by atoms with Crippen molar-refractivity contribution in [2.24, 2.45) is 5.73 Å². The number of methoxy groups -OCH3 is 1. The van der Waals surface area contributed by atoms with Crippen molar-refractivity contribution in [3.8, 4) is 17.4 Å². The number of carbonyl (C=O) groups excluding carboxylic acids is 2. The maximum Gasteiger partial charge on any atom is 0.414 e. The van der Waals surface area contributed by atoms with Crippen molar-refractivity contribution in [3.05, 3.63) is 48.2 Å². The molecule has 0 saturated carbocycles. The Morgan fingerprint density at radius 3 is 2.89 bits per heavy atom. The summed E-state index contributed by atoms with van der Waals surface area (Å²) >= 11 is 0. The van der Waals surface area contributed by atoms with E-state index in [4.69, 9.17) is 24.7 Å². The average molecular weight is 479 g/mol. The number of carbonyl (C=O) groups is 2. The van der Waals surface area contributed by atoms with Gasteiger partial charge >= 0.3 is 6.09 Å². The number of ether oxygens (including phenoxy) is 4. The summed E-state index contributed by atoms with van der Waals surface area (Å²) in [5.74, 6) is 1.32. The fourth-order valence-corrected chi connectivity index (χ4v) is 4.05. The van der Waals surface area contributed by atoms with E-state index in [0.717, 1.165) is 5.56 Å². The van der Waals surface area contributed by atoms with E-state index in [1.165, 1.54) is 12.0 Å². The van der Waals surface area contributed by atoms with Gasteiger partial charge in [0, 0.05) is 18.3 Å². The molecule has 1 fully saturated rings. The van der Waals surface area contributed by atoms with E-state index in [1.54, 1.807) is 42.6 Å². The lowest BCUT2D eigenvalue weighted by atomic mass is 10.0. The van der Waals surface area contributed by atoms with Gasteiger partial charge in [0.2, 0.25) is 11.8 Å². The number of pyridine rings is 2. The number of aromatic nitrogens is 2. The smallest absolute Gasteiger partial charge is 0.414 e. The molecule has 2 aliphatic rings. The predicted molar refractivity (Wildman–Crippen MR) is 126 cm³/mol. The molecule has 0 bridgehead atoms. The van der Waals surface area contributed by atoms with Crippen molar-refractivity contribution in [2.75, 3.05) is 38.3 Å². The number of nitrogens with one attached hydrogen (secondary N) is 1. The minimum Gasteiger partial charge on any atom is -0.486 e. The molecule has 3 aromatic rings. The molecule has 0 radical (unpaired) electrons. The van der Waals surface area contributed by atoms with Gasteiger partial charge in [-0.25, -0.2) is 9.78 Å². The average Bonchev–Trinajstić information content (AvgIpc) is 3.27. The molecule has 5 rings (SSSR count). The van der Waals surface area contributed by atoms with Gasteiger partial charge in [0.15, 0.2) is 11.5 Å². The molecule has 35 heavy (non-hydrogen) atoms. The van der Waals surface area contributed by atoms with E-state index < -0.39 is 18.2 Å². The van der Waals surface area contributed by atoms with Crippen molar-refractivity contribution in [2.45, 2.75) is 18.6 Å². The van der Waals surface area contributed by atoms with Gasteiger partial charge in [0.05, 0.1) is 43.0 Å². The number of amides is 2. The fourth-order valence-electron chi connectivity index (χ4n) is 4.05. The van der Waals surface area contributed by atoms with E-state index >= 15 is 0 Å². The van der Waals surface area contributed by atoms with Crippen molar-refractivity contribution < 1.29 is 28.5 Å². The van der Waals surface area contributed by atoms with Gasteiger partial charge in [0.1, 0.15) is 19.3 Å². The van der Waals surface area contributed by atoms with Crippen LogP contribution < -0.4 is 30.2 Å². The molecule has 2 aliphatic heterocycles. The molecule has 1 aromatic carbocycles. The number of fused-ring (bicyclic) bond motifs is 2. The first-order valence-electron chi connectivity index (χ1n) is 11.2. The molecule has 0 aliphatic carbocycles. The first kappa shape index (κ1) is 22.7. The van der Waals surface area contributed by atoms with Crippen molar-refractivity contribution >= 4 is 28.7 Å². The normalized spacial score (nSPS) is 17.7. The Labute approximate surface area is 201 Å². The molecule has 0 spiro atoms. The maximum absolute atomic E-state index is 12.7. The van der Waals surface area contributed by atoms with Crippen LogP contribution >= 0.6 is 0 Å². The van der Waals surface area contributed by atoms with Gasteiger partial charge < -0.3 is 30.0 Å². The zero-order valence-corrected chi connectivity index (χ0v) is 19.1. The van der Waals surface area contributed by atoms with E-state index in [0.29, 0.717) is 47.3 Å². The summed E-state index contributed by atoms with van der Waals surface area (Å²) in [6.07, 6.45) is 0.910. The summed E-state index contributed by atoms with van der Waals surface area (Å²) in [6.45, 7) is 1.37. The van der Waals surface area contributed by atoms with Crippen LogP contribution in [0.3, 0.4) is 0 Å². The van der Waals surface area contributed by atoms with Gasteiger partial charge in [0.25, 0.3) is 0 Å². The van der Waals surface area contributed by atoms with Crippen molar-refractivity contribution in [1.82, 2.24) is 15.3 Å². The molecule has 2 atom stereocenters. The highest BCUT2D eigenvalue weighted by atomic mass is 16.6. The Morgan fingerprint density at radius 1 is 1.23 bits per heavy atom. The van der Waals surface area contributed by atoms with Crippen LogP contribution in [0.2, 0.25) is 0 Å². The Hall–Kier alpha value is -4.12. The number of hydrogen-bond donors (Lipinski definition) is 2. The molecular weight excluding hydrogens is 454 g/mol. The number of nitrogens with zero attached hydrogens (tertiary/aromatic N) is 3. The van der Waals surface area contributed by atoms with Gasteiger partial charge in [-0.2, -0.15) is 0 Å². The van der Waals surface area contributed by atoms with E-state index in [1.807, 2.05) is 0 Å². The predicted octanol–water partition coefficient (Wildman–Crippen LogP) is 1.42. The second-order valence-electron chi connectivity index (χ2n) is 8.19. The van der Waals surface area contributed by atoms with Crippen LogP contribution in [0, 0.1) is 0 Å². The zero-order chi connectivity index (χ0) is 24.4. The molecule has 4 heterocycles. The summed E-state index contributed by atoms with van der Waals surface area (Å²) in [5.41, 5.74) is 8.91. The third-order valence-corrected chi connectivity index (χ3v) is 5.84. The molecule has 3 N–H and O–H groups in total. The fraction of sp³-hybridized carbons (Fsp3) is 0.333. The second-order valence-corrected chi connectivity index (χ2v) is 8.19. The largest absolute Gasteiger partial charge is 0.486 e. The summed E-state index contributed by atoms with van der Waals surface area (Å²) < 4.78 is 21.7. The summed E-state index contributed by atoms with van der Waals surface area (Å²) in [7, 11) is 1.54. The van der Waals surface area contributed by atoms with Gasteiger partial charge in [-0.05, 0) is 36.2 Å². The Bertz CT molecular complexity index is 1270. The first-order chi connectivity index (χ1) is 17.0. The number of anilines is 1. The molecule has 1 saturated heterocycles. The molecule has 11 heteroatoms. The molecule has 182 valence electrons. The van der Waals surface area contributed by atoms with Crippen LogP contribution in [0.15, 0.2) is 42.6 Å². The number of cyclic esters (lactones) is 1.